The molecule has 2 aliphatic rings. The van der Waals surface area contributed by atoms with Crippen molar-refractivity contribution in [2.75, 3.05) is 46.5 Å². The number of benzene rings is 1. The van der Waals surface area contributed by atoms with Crippen LogP contribution >= 0.6 is 0 Å². The smallest absolute Gasteiger partial charge is 0.314 e. The van der Waals surface area contributed by atoms with Crippen molar-refractivity contribution in [2.24, 2.45) is 5.92 Å². The van der Waals surface area contributed by atoms with E-state index in [2.05, 4.69) is 15.5 Å². The molecule has 0 aromatic heterocycles. The molecule has 0 radical (unpaired) electrons. The minimum Gasteiger partial charge on any atom is -0.497 e. The largest absolute Gasteiger partial charge is 0.497 e. The molecule has 2 amide bonds. The zero-order valence-electron chi connectivity index (χ0n) is 15.7. The van der Waals surface area contributed by atoms with E-state index in [4.69, 9.17) is 9.47 Å². The van der Waals surface area contributed by atoms with E-state index in [1.807, 2.05) is 24.3 Å². The van der Waals surface area contributed by atoms with Crippen molar-refractivity contribution in [1.29, 1.82) is 0 Å². The van der Waals surface area contributed by atoms with Crippen LogP contribution in [-0.2, 0) is 11.2 Å². The fourth-order valence-corrected chi connectivity index (χ4v) is 3.74. The van der Waals surface area contributed by atoms with Gasteiger partial charge in [-0.05, 0) is 62.4 Å². The Labute approximate surface area is 156 Å². The van der Waals surface area contributed by atoms with E-state index >= 15 is 0 Å². The van der Waals surface area contributed by atoms with Gasteiger partial charge in [-0.1, -0.05) is 12.1 Å². The lowest BCUT2D eigenvalue weighted by atomic mass is 9.95. The lowest BCUT2D eigenvalue weighted by molar-refractivity contribution is 0.110. The van der Waals surface area contributed by atoms with Gasteiger partial charge in [-0.2, -0.15) is 0 Å². The van der Waals surface area contributed by atoms with Crippen molar-refractivity contribution >= 4 is 6.03 Å². The van der Waals surface area contributed by atoms with Gasteiger partial charge in [0.2, 0.25) is 0 Å². The number of urea groups is 1. The number of hydrogen-bond donors (Lipinski definition) is 2. The van der Waals surface area contributed by atoms with Gasteiger partial charge in [0, 0.05) is 25.7 Å². The summed E-state index contributed by atoms with van der Waals surface area (Å²) in [6.07, 6.45) is 4.30. The molecule has 1 aromatic carbocycles. The van der Waals surface area contributed by atoms with Crippen LogP contribution in [0.15, 0.2) is 24.3 Å². The van der Waals surface area contributed by atoms with E-state index in [0.29, 0.717) is 18.5 Å². The van der Waals surface area contributed by atoms with E-state index in [0.717, 1.165) is 57.9 Å². The predicted octanol–water partition coefficient (Wildman–Crippen LogP) is 2.04. The van der Waals surface area contributed by atoms with Gasteiger partial charge in [0.25, 0.3) is 0 Å². The van der Waals surface area contributed by atoms with Crippen molar-refractivity contribution in [3.05, 3.63) is 29.8 Å². The molecule has 3 rings (SSSR count). The molecule has 26 heavy (non-hydrogen) atoms. The number of hydrogen-bond acceptors (Lipinski definition) is 4. The summed E-state index contributed by atoms with van der Waals surface area (Å²) in [5.74, 6) is 1.44. The van der Waals surface area contributed by atoms with Gasteiger partial charge in [0.05, 0.1) is 13.7 Å². The first-order valence-electron chi connectivity index (χ1n) is 9.71. The Balaban J connectivity index is 1.27. The molecule has 0 spiro atoms. The number of carbonyl (C=O) groups is 1. The minimum absolute atomic E-state index is 0.0647. The second-order valence-electron chi connectivity index (χ2n) is 7.23. The molecule has 6 heteroatoms. The Morgan fingerprint density at radius 1 is 1.19 bits per heavy atom. The Bertz CT molecular complexity index is 550. The molecule has 0 unspecified atom stereocenters. The number of ether oxygens (including phenoxy) is 2. The maximum atomic E-state index is 12.0. The Morgan fingerprint density at radius 3 is 2.62 bits per heavy atom. The Kier molecular flexibility index (Phi) is 7.14. The average Bonchev–Trinajstić information content (AvgIpc) is 3.22. The van der Waals surface area contributed by atoms with Gasteiger partial charge in [0.1, 0.15) is 5.75 Å². The molecular weight excluding hydrogens is 330 g/mol. The molecular formula is C20H31N3O3. The number of nitrogens with one attached hydrogen (secondary N) is 2. The van der Waals surface area contributed by atoms with Crippen molar-refractivity contribution in [1.82, 2.24) is 15.5 Å². The maximum Gasteiger partial charge on any atom is 0.314 e. The van der Waals surface area contributed by atoms with Gasteiger partial charge in [-0.3, -0.25) is 4.90 Å². The van der Waals surface area contributed by atoms with Crippen molar-refractivity contribution in [3.63, 3.8) is 0 Å². The second-order valence-corrected chi connectivity index (χ2v) is 7.23. The lowest BCUT2D eigenvalue weighted by Gasteiger charge is -2.35. The summed E-state index contributed by atoms with van der Waals surface area (Å²) >= 11 is 0. The maximum absolute atomic E-state index is 12.0. The van der Waals surface area contributed by atoms with Crippen LogP contribution in [0.3, 0.4) is 0 Å². The lowest BCUT2D eigenvalue weighted by Crippen LogP contribution is -2.45. The summed E-state index contributed by atoms with van der Waals surface area (Å²) in [5.41, 5.74) is 1.19. The highest BCUT2D eigenvalue weighted by molar-refractivity contribution is 5.73. The monoisotopic (exact) mass is 361 g/mol. The molecule has 2 aliphatic heterocycles. The Morgan fingerprint density at radius 2 is 1.96 bits per heavy atom. The number of piperidine rings is 1. The van der Waals surface area contributed by atoms with Crippen LogP contribution in [0, 0.1) is 5.92 Å². The van der Waals surface area contributed by atoms with Gasteiger partial charge in [-0.25, -0.2) is 4.79 Å². The van der Waals surface area contributed by atoms with Crippen molar-refractivity contribution < 1.29 is 14.3 Å². The molecule has 0 saturated carbocycles. The molecule has 2 fully saturated rings. The SMILES string of the molecule is COc1ccc(CCNC(=O)NCC2CCN([C@H]3CCOC3)CC2)cc1. The quantitative estimate of drug-likeness (QED) is 0.780. The Hall–Kier alpha value is -1.79. The van der Waals surface area contributed by atoms with Crippen LogP contribution in [0.4, 0.5) is 4.79 Å². The van der Waals surface area contributed by atoms with Gasteiger partial charge in [0.15, 0.2) is 0 Å². The summed E-state index contributed by atoms with van der Waals surface area (Å²) in [5, 5.41) is 5.97. The number of methoxy groups -OCH3 is 1. The molecule has 144 valence electrons. The zero-order chi connectivity index (χ0) is 18.2. The second kappa shape index (κ2) is 9.78. The highest BCUT2D eigenvalue weighted by atomic mass is 16.5. The molecule has 2 N–H and O–H groups in total. The topological polar surface area (TPSA) is 62.8 Å². The molecule has 2 saturated heterocycles. The molecule has 6 nitrogen and oxygen atoms in total. The van der Waals surface area contributed by atoms with E-state index in [1.54, 1.807) is 7.11 Å². The molecule has 1 aromatic rings. The van der Waals surface area contributed by atoms with Gasteiger partial charge >= 0.3 is 6.03 Å². The fourth-order valence-electron chi connectivity index (χ4n) is 3.74. The third kappa shape index (κ3) is 5.61. The summed E-state index contributed by atoms with van der Waals surface area (Å²) in [7, 11) is 1.66. The van der Waals surface area contributed by atoms with Crippen LogP contribution in [0.2, 0.25) is 0 Å². The molecule has 0 bridgehead atoms. The number of nitrogens with zero attached hydrogens (tertiary/aromatic N) is 1. The highest BCUT2D eigenvalue weighted by Crippen LogP contribution is 2.21. The number of rotatable bonds is 7. The first kappa shape index (κ1) is 19.0. The molecule has 1 atom stereocenters. The fraction of sp³-hybridized carbons (Fsp3) is 0.650. The summed E-state index contributed by atoms with van der Waals surface area (Å²) in [6.45, 7) is 5.45. The summed E-state index contributed by atoms with van der Waals surface area (Å²) < 4.78 is 10.6. The van der Waals surface area contributed by atoms with Crippen LogP contribution in [-0.4, -0.2) is 63.5 Å². The van der Waals surface area contributed by atoms with Crippen LogP contribution in [0.5, 0.6) is 5.75 Å². The van der Waals surface area contributed by atoms with Crippen LogP contribution in [0.1, 0.15) is 24.8 Å². The van der Waals surface area contributed by atoms with Crippen LogP contribution < -0.4 is 15.4 Å². The third-order valence-corrected chi connectivity index (χ3v) is 5.48. The standard InChI is InChI=1S/C20H31N3O3/c1-25-19-4-2-16(3-5-19)6-10-21-20(24)22-14-17-7-11-23(12-8-17)18-9-13-26-15-18/h2-5,17-18H,6-15H2,1H3,(H2,21,22,24)/t18-/m0/s1. The minimum atomic E-state index is -0.0647. The van der Waals surface area contributed by atoms with E-state index in [1.165, 1.54) is 12.0 Å². The first-order valence-corrected chi connectivity index (χ1v) is 9.71. The van der Waals surface area contributed by atoms with E-state index in [9.17, 15) is 4.79 Å². The summed E-state index contributed by atoms with van der Waals surface area (Å²) in [4.78, 5) is 14.5. The zero-order valence-corrected chi connectivity index (χ0v) is 15.7. The number of likely N-dealkylation sites (tertiary alicyclic amines) is 1. The van der Waals surface area contributed by atoms with E-state index in [-0.39, 0.29) is 6.03 Å². The van der Waals surface area contributed by atoms with Crippen LogP contribution in [0.25, 0.3) is 0 Å². The van der Waals surface area contributed by atoms with E-state index < -0.39 is 0 Å². The van der Waals surface area contributed by atoms with Gasteiger partial charge in [-0.15, -0.1) is 0 Å². The molecule has 0 aliphatic carbocycles. The predicted molar refractivity (Wildman–Crippen MR) is 102 cm³/mol. The first-order chi connectivity index (χ1) is 12.7. The summed E-state index contributed by atoms with van der Waals surface area (Å²) in [6, 6.07) is 8.50. The van der Waals surface area contributed by atoms with Crippen molar-refractivity contribution in [2.45, 2.75) is 31.7 Å². The highest BCUT2D eigenvalue weighted by Gasteiger charge is 2.27. The molecule has 2 heterocycles. The number of amides is 2. The van der Waals surface area contributed by atoms with Crippen molar-refractivity contribution in [3.8, 4) is 5.75 Å². The number of carbonyl (C=O) groups excluding carboxylic acids is 1. The normalized spacial score (nSPS) is 21.5. The average molecular weight is 361 g/mol. The van der Waals surface area contributed by atoms with Gasteiger partial charge < -0.3 is 20.1 Å². The third-order valence-electron chi connectivity index (χ3n) is 5.48.